The molecule has 1 aromatic carbocycles. The molecule has 0 bridgehead atoms. The Hall–Kier alpha value is -1.03. The molecule has 3 nitrogen and oxygen atoms in total. The molecule has 1 N–H and O–H groups in total. The zero-order valence-corrected chi connectivity index (χ0v) is 12.2. The summed E-state index contributed by atoms with van der Waals surface area (Å²) in [6.07, 6.45) is 4.72. The molecule has 2 amide bonds. The van der Waals surface area contributed by atoms with Gasteiger partial charge in [-0.2, -0.15) is 0 Å². The average molecular weight is 311 g/mol. The van der Waals surface area contributed by atoms with Crippen LogP contribution in [0.2, 0.25) is 0 Å². The second-order valence-corrected chi connectivity index (χ2v) is 5.83. The van der Waals surface area contributed by atoms with Gasteiger partial charge in [0.15, 0.2) is 0 Å². The van der Waals surface area contributed by atoms with Crippen molar-refractivity contribution in [1.29, 1.82) is 0 Å². The quantitative estimate of drug-likeness (QED) is 0.910. The summed E-state index contributed by atoms with van der Waals surface area (Å²) in [5.74, 6) is 0. The van der Waals surface area contributed by atoms with Crippen LogP contribution in [0, 0.1) is 0 Å². The number of carbonyl (C=O) groups excluding carboxylic acids is 1. The number of hydrogen-bond donors (Lipinski definition) is 1. The first-order chi connectivity index (χ1) is 8.65. The van der Waals surface area contributed by atoms with Crippen molar-refractivity contribution in [3.05, 3.63) is 34.3 Å². The van der Waals surface area contributed by atoms with Crippen molar-refractivity contribution >= 4 is 22.0 Å². The van der Waals surface area contributed by atoms with Gasteiger partial charge in [0.25, 0.3) is 0 Å². The smallest absolute Gasteiger partial charge is 0.317 e. The molecule has 98 valence electrons. The maximum Gasteiger partial charge on any atom is 0.317 e. The number of hydrogen-bond acceptors (Lipinski definition) is 1. The first-order valence-electron chi connectivity index (χ1n) is 6.41. The predicted octanol–water partition coefficient (Wildman–Crippen LogP) is 3.53. The molecular weight excluding hydrogens is 292 g/mol. The summed E-state index contributed by atoms with van der Waals surface area (Å²) < 4.78 is 1.05. The van der Waals surface area contributed by atoms with Crippen molar-refractivity contribution in [2.75, 3.05) is 7.05 Å². The molecule has 1 aliphatic carbocycles. The van der Waals surface area contributed by atoms with Gasteiger partial charge in [-0.1, -0.05) is 40.9 Å². The highest BCUT2D eigenvalue weighted by Gasteiger charge is 2.18. The second-order valence-electron chi connectivity index (χ2n) is 4.92. The first-order valence-corrected chi connectivity index (χ1v) is 7.20. The third-order valence-corrected chi connectivity index (χ3v) is 3.83. The Labute approximate surface area is 117 Å². The van der Waals surface area contributed by atoms with Crippen molar-refractivity contribution in [3.63, 3.8) is 0 Å². The predicted molar refractivity (Wildman–Crippen MR) is 76.4 cm³/mol. The van der Waals surface area contributed by atoms with Gasteiger partial charge >= 0.3 is 6.03 Å². The number of halogens is 1. The molecule has 1 fully saturated rings. The largest absolute Gasteiger partial charge is 0.335 e. The number of amides is 2. The van der Waals surface area contributed by atoms with E-state index in [4.69, 9.17) is 0 Å². The SMILES string of the molecule is CN(Cc1cccc(Br)c1)C(=O)NC1CCCC1. The monoisotopic (exact) mass is 310 g/mol. The standard InChI is InChI=1S/C14H19BrN2O/c1-17(10-11-5-4-6-12(15)9-11)14(18)16-13-7-2-3-8-13/h4-6,9,13H,2-3,7-8,10H2,1H3,(H,16,18). The van der Waals surface area contributed by atoms with Crippen LogP contribution in [0.25, 0.3) is 0 Å². The second kappa shape index (κ2) is 6.23. The van der Waals surface area contributed by atoms with Crippen molar-refractivity contribution in [1.82, 2.24) is 10.2 Å². The van der Waals surface area contributed by atoms with Crippen LogP contribution in [0.3, 0.4) is 0 Å². The fourth-order valence-corrected chi connectivity index (χ4v) is 2.78. The minimum atomic E-state index is 0.0295. The van der Waals surface area contributed by atoms with Crippen molar-refractivity contribution in [2.24, 2.45) is 0 Å². The van der Waals surface area contributed by atoms with Crippen LogP contribution in [-0.4, -0.2) is 24.0 Å². The fourth-order valence-electron chi connectivity index (χ4n) is 2.34. The van der Waals surface area contributed by atoms with Gasteiger partial charge in [-0.05, 0) is 30.5 Å². The van der Waals surface area contributed by atoms with E-state index in [9.17, 15) is 4.79 Å². The highest BCUT2D eigenvalue weighted by Crippen LogP contribution is 2.18. The van der Waals surface area contributed by atoms with E-state index in [1.165, 1.54) is 12.8 Å². The highest BCUT2D eigenvalue weighted by molar-refractivity contribution is 9.10. The molecule has 0 heterocycles. The lowest BCUT2D eigenvalue weighted by atomic mass is 10.2. The van der Waals surface area contributed by atoms with Gasteiger partial charge in [-0.3, -0.25) is 0 Å². The van der Waals surface area contributed by atoms with Crippen LogP contribution >= 0.6 is 15.9 Å². The van der Waals surface area contributed by atoms with Crippen LogP contribution in [0.1, 0.15) is 31.2 Å². The summed E-state index contributed by atoms with van der Waals surface area (Å²) in [7, 11) is 1.84. The normalized spacial score (nSPS) is 15.7. The van der Waals surface area contributed by atoms with Crippen LogP contribution < -0.4 is 5.32 Å². The highest BCUT2D eigenvalue weighted by atomic mass is 79.9. The Bertz CT molecular complexity index is 416. The number of nitrogens with one attached hydrogen (secondary N) is 1. The number of urea groups is 1. The zero-order chi connectivity index (χ0) is 13.0. The summed E-state index contributed by atoms with van der Waals surface area (Å²) in [5.41, 5.74) is 1.13. The van der Waals surface area contributed by atoms with Crippen molar-refractivity contribution in [2.45, 2.75) is 38.3 Å². The molecule has 18 heavy (non-hydrogen) atoms. The lowest BCUT2D eigenvalue weighted by molar-refractivity contribution is 0.202. The van der Waals surface area contributed by atoms with Gasteiger partial charge in [0.1, 0.15) is 0 Å². The summed E-state index contributed by atoms with van der Waals surface area (Å²) in [6.45, 7) is 0.637. The van der Waals surface area contributed by atoms with E-state index in [2.05, 4.69) is 21.2 Å². The summed E-state index contributed by atoms with van der Waals surface area (Å²) >= 11 is 3.44. The number of carbonyl (C=O) groups is 1. The van der Waals surface area contributed by atoms with Crippen LogP contribution in [0.4, 0.5) is 4.79 Å². The minimum Gasteiger partial charge on any atom is -0.335 e. The van der Waals surface area contributed by atoms with E-state index in [0.717, 1.165) is 22.9 Å². The molecule has 0 unspecified atom stereocenters. The van der Waals surface area contributed by atoms with Gasteiger partial charge < -0.3 is 10.2 Å². The van der Waals surface area contributed by atoms with Crippen molar-refractivity contribution in [3.8, 4) is 0 Å². The zero-order valence-electron chi connectivity index (χ0n) is 10.7. The Kier molecular flexibility index (Phi) is 4.64. The Balaban J connectivity index is 1.86. The third kappa shape index (κ3) is 3.73. The van der Waals surface area contributed by atoms with Gasteiger partial charge in [0, 0.05) is 24.1 Å². The number of nitrogens with zero attached hydrogens (tertiary/aromatic N) is 1. The van der Waals surface area contributed by atoms with Crippen LogP contribution in [-0.2, 0) is 6.54 Å². The van der Waals surface area contributed by atoms with Gasteiger partial charge in [-0.15, -0.1) is 0 Å². The Morgan fingerprint density at radius 3 is 2.83 bits per heavy atom. The van der Waals surface area contributed by atoms with Crippen LogP contribution in [0.5, 0.6) is 0 Å². The van der Waals surface area contributed by atoms with Gasteiger partial charge in [-0.25, -0.2) is 4.79 Å². The Morgan fingerprint density at radius 2 is 2.17 bits per heavy atom. The summed E-state index contributed by atoms with van der Waals surface area (Å²) in [6, 6.07) is 8.46. The number of benzene rings is 1. The fraction of sp³-hybridized carbons (Fsp3) is 0.500. The van der Waals surface area contributed by atoms with Gasteiger partial charge in [0.05, 0.1) is 0 Å². The molecule has 0 spiro atoms. The molecule has 0 radical (unpaired) electrons. The van der Waals surface area contributed by atoms with E-state index in [1.54, 1.807) is 4.90 Å². The van der Waals surface area contributed by atoms with E-state index in [0.29, 0.717) is 12.6 Å². The third-order valence-electron chi connectivity index (χ3n) is 3.34. The topological polar surface area (TPSA) is 32.3 Å². The molecule has 1 saturated carbocycles. The molecule has 0 aromatic heterocycles. The number of rotatable bonds is 3. The molecule has 0 aliphatic heterocycles. The summed E-state index contributed by atoms with van der Waals surface area (Å²) in [4.78, 5) is 13.7. The molecule has 1 aromatic rings. The van der Waals surface area contributed by atoms with E-state index >= 15 is 0 Å². The molecular formula is C14H19BrN2O. The molecule has 1 aliphatic rings. The van der Waals surface area contributed by atoms with Gasteiger partial charge in [0.2, 0.25) is 0 Å². The maximum absolute atomic E-state index is 12.0. The Morgan fingerprint density at radius 1 is 1.44 bits per heavy atom. The average Bonchev–Trinajstić information content (AvgIpc) is 2.81. The lowest BCUT2D eigenvalue weighted by Gasteiger charge is -2.21. The molecule has 4 heteroatoms. The lowest BCUT2D eigenvalue weighted by Crippen LogP contribution is -2.41. The molecule has 0 atom stereocenters. The van der Waals surface area contributed by atoms with Crippen molar-refractivity contribution < 1.29 is 4.79 Å². The summed E-state index contributed by atoms with van der Waals surface area (Å²) in [5, 5.41) is 3.09. The molecule has 0 saturated heterocycles. The maximum atomic E-state index is 12.0. The molecule has 2 rings (SSSR count). The minimum absolute atomic E-state index is 0.0295. The van der Waals surface area contributed by atoms with E-state index in [1.807, 2.05) is 31.3 Å². The van der Waals surface area contributed by atoms with Crippen LogP contribution in [0.15, 0.2) is 28.7 Å². The van der Waals surface area contributed by atoms with E-state index in [-0.39, 0.29) is 6.03 Å². The first kappa shape index (κ1) is 13.4. The van der Waals surface area contributed by atoms with E-state index < -0.39 is 0 Å².